The molecule has 0 spiro atoms. The molecule has 1 heterocycles. The van der Waals surface area contributed by atoms with Crippen LogP contribution >= 0.6 is 11.6 Å². The summed E-state index contributed by atoms with van der Waals surface area (Å²) in [5.74, 6) is -0.753. The number of nitro groups is 1. The van der Waals surface area contributed by atoms with E-state index < -0.39 is 10.7 Å². The number of nitrogens with zero attached hydrogens (tertiary/aromatic N) is 3. The van der Waals surface area contributed by atoms with Crippen LogP contribution in [0, 0.1) is 15.9 Å². The fraction of sp³-hybridized carbons (Fsp3) is 0.308. The molecule has 0 atom stereocenters. The number of aromatic nitrogens is 2. The predicted octanol–water partition coefficient (Wildman–Crippen LogP) is 3.26. The van der Waals surface area contributed by atoms with Crippen molar-refractivity contribution in [3.8, 4) is 5.75 Å². The molecule has 1 aromatic carbocycles. The van der Waals surface area contributed by atoms with E-state index in [1.165, 1.54) is 0 Å². The van der Waals surface area contributed by atoms with E-state index in [1.807, 2.05) is 6.92 Å². The van der Waals surface area contributed by atoms with Gasteiger partial charge in [-0.15, -0.1) is 0 Å². The number of benzene rings is 1. The van der Waals surface area contributed by atoms with E-state index >= 15 is 0 Å². The summed E-state index contributed by atoms with van der Waals surface area (Å²) >= 11 is 6.16. The van der Waals surface area contributed by atoms with Gasteiger partial charge in [-0.3, -0.25) is 14.8 Å². The van der Waals surface area contributed by atoms with Crippen LogP contribution in [0.1, 0.15) is 18.3 Å². The van der Waals surface area contributed by atoms with Crippen LogP contribution < -0.4 is 4.74 Å². The van der Waals surface area contributed by atoms with E-state index in [2.05, 4.69) is 5.10 Å². The average molecular weight is 314 g/mol. The molecule has 2 aromatic rings. The van der Waals surface area contributed by atoms with Crippen molar-refractivity contribution >= 4 is 17.3 Å². The summed E-state index contributed by atoms with van der Waals surface area (Å²) in [5, 5.41) is 15.6. The summed E-state index contributed by atoms with van der Waals surface area (Å²) in [6.45, 7) is 1.88. The van der Waals surface area contributed by atoms with Gasteiger partial charge in [-0.2, -0.15) is 5.10 Å². The molecule has 0 unspecified atom stereocenters. The Morgan fingerprint density at radius 2 is 2.24 bits per heavy atom. The summed E-state index contributed by atoms with van der Waals surface area (Å²) in [4.78, 5) is 10.3. The Hall–Kier alpha value is -2.15. The topological polar surface area (TPSA) is 70.2 Å². The third kappa shape index (κ3) is 3.13. The quantitative estimate of drug-likeness (QED) is 0.627. The van der Waals surface area contributed by atoms with Crippen molar-refractivity contribution in [3.05, 3.63) is 50.5 Å². The van der Waals surface area contributed by atoms with Crippen LogP contribution in [-0.4, -0.2) is 14.7 Å². The maximum Gasteiger partial charge on any atom is 0.311 e. The Morgan fingerprint density at radius 3 is 2.81 bits per heavy atom. The zero-order valence-electron chi connectivity index (χ0n) is 11.5. The Morgan fingerprint density at radius 1 is 1.52 bits per heavy atom. The number of rotatable bonds is 5. The van der Waals surface area contributed by atoms with Gasteiger partial charge in [-0.1, -0.05) is 18.5 Å². The highest BCUT2D eigenvalue weighted by molar-refractivity contribution is 6.31. The van der Waals surface area contributed by atoms with E-state index in [1.54, 1.807) is 11.7 Å². The number of aryl methyl sites for hydroxylation is 2. The molecular weight excluding hydrogens is 301 g/mol. The fourth-order valence-corrected chi connectivity index (χ4v) is 2.23. The van der Waals surface area contributed by atoms with Crippen molar-refractivity contribution in [1.82, 2.24) is 9.78 Å². The van der Waals surface area contributed by atoms with Crippen molar-refractivity contribution in [2.24, 2.45) is 7.05 Å². The second-order valence-electron chi connectivity index (χ2n) is 4.34. The van der Waals surface area contributed by atoms with Crippen LogP contribution in [0.25, 0.3) is 0 Å². The molecule has 0 N–H and O–H groups in total. The van der Waals surface area contributed by atoms with Crippen molar-refractivity contribution in [2.75, 3.05) is 0 Å². The van der Waals surface area contributed by atoms with Crippen LogP contribution in [0.15, 0.2) is 18.2 Å². The molecular formula is C13H13ClFN3O3. The van der Waals surface area contributed by atoms with E-state index in [0.717, 1.165) is 18.2 Å². The van der Waals surface area contributed by atoms with Gasteiger partial charge < -0.3 is 4.74 Å². The molecule has 112 valence electrons. The zero-order valence-corrected chi connectivity index (χ0v) is 12.2. The second kappa shape index (κ2) is 6.09. The lowest BCUT2D eigenvalue weighted by Crippen LogP contribution is -2.05. The molecule has 8 heteroatoms. The minimum atomic E-state index is -0.628. The lowest BCUT2D eigenvalue weighted by Gasteiger charge is -2.07. The highest BCUT2D eigenvalue weighted by Crippen LogP contribution is 2.29. The highest BCUT2D eigenvalue weighted by atomic mass is 35.5. The van der Waals surface area contributed by atoms with Crippen LogP contribution in [0.3, 0.4) is 0 Å². The molecule has 0 bridgehead atoms. The molecule has 0 saturated carbocycles. The van der Waals surface area contributed by atoms with Crippen LogP contribution in [0.4, 0.5) is 10.1 Å². The number of ether oxygens (including phenoxy) is 1. The van der Waals surface area contributed by atoms with Crippen molar-refractivity contribution in [2.45, 2.75) is 20.0 Å². The van der Waals surface area contributed by atoms with E-state index in [0.29, 0.717) is 22.8 Å². The number of hydrogen-bond acceptors (Lipinski definition) is 4. The smallest absolute Gasteiger partial charge is 0.311 e. The Labute approximate surface area is 125 Å². The van der Waals surface area contributed by atoms with Gasteiger partial charge in [0.1, 0.15) is 12.4 Å². The zero-order chi connectivity index (χ0) is 15.6. The first-order chi connectivity index (χ1) is 9.93. The molecule has 0 amide bonds. The monoisotopic (exact) mass is 313 g/mol. The molecule has 0 aliphatic rings. The van der Waals surface area contributed by atoms with E-state index in [4.69, 9.17) is 16.3 Å². The summed E-state index contributed by atoms with van der Waals surface area (Å²) in [5.41, 5.74) is 0.990. The normalized spacial score (nSPS) is 10.7. The van der Waals surface area contributed by atoms with Gasteiger partial charge in [0.2, 0.25) is 0 Å². The van der Waals surface area contributed by atoms with Crippen LogP contribution in [-0.2, 0) is 20.1 Å². The lowest BCUT2D eigenvalue weighted by molar-refractivity contribution is -0.386. The van der Waals surface area contributed by atoms with E-state index in [-0.39, 0.29) is 18.0 Å². The highest BCUT2D eigenvalue weighted by Gasteiger charge is 2.18. The second-order valence-corrected chi connectivity index (χ2v) is 4.72. The first-order valence-corrected chi connectivity index (χ1v) is 6.58. The maximum atomic E-state index is 13.2. The van der Waals surface area contributed by atoms with Gasteiger partial charge >= 0.3 is 5.69 Å². The molecule has 0 fully saturated rings. The van der Waals surface area contributed by atoms with Gasteiger partial charge in [0.05, 0.1) is 21.3 Å². The molecule has 0 saturated heterocycles. The van der Waals surface area contributed by atoms with Crippen LogP contribution in [0.5, 0.6) is 5.75 Å². The average Bonchev–Trinajstić information content (AvgIpc) is 2.71. The minimum Gasteiger partial charge on any atom is -0.480 e. The van der Waals surface area contributed by atoms with Crippen molar-refractivity contribution < 1.29 is 14.1 Å². The third-order valence-corrected chi connectivity index (χ3v) is 3.42. The van der Waals surface area contributed by atoms with Crippen LogP contribution in [0.2, 0.25) is 5.02 Å². The van der Waals surface area contributed by atoms with Gasteiger partial charge in [-0.25, -0.2) is 4.39 Å². The van der Waals surface area contributed by atoms with Gasteiger partial charge in [0.15, 0.2) is 5.75 Å². The Bertz CT molecular complexity index is 688. The fourth-order valence-electron chi connectivity index (χ4n) is 1.88. The summed E-state index contributed by atoms with van der Waals surface area (Å²) in [7, 11) is 1.70. The number of halogens is 2. The SMILES string of the molecule is CCc1nn(C)c(COc2cc(F)ccc2[N+](=O)[O-])c1Cl. The first kappa shape index (κ1) is 15.2. The Balaban J connectivity index is 2.26. The summed E-state index contributed by atoms with van der Waals surface area (Å²) in [6, 6.07) is 3.05. The van der Waals surface area contributed by atoms with Gasteiger partial charge in [-0.05, 0) is 12.5 Å². The van der Waals surface area contributed by atoms with Gasteiger partial charge in [0.25, 0.3) is 0 Å². The summed E-state index contributed by atoms with van der Waals surface area (Å²) < 4.78 is 20.1. The Kier molecular flexibility index (Phi) is 4.42. The van der Waals surface area contributed by atoms with Crippen molar-refractivity contribution in [1.29, 1.82) is 0 Å². The number of hydrogen-bond donors (Lipinski definition) is 0. The molecule has 0 aliphatic heterocycles. The van der Waals surface area contributed by atoms with Gasteiger partial charge in [0, 0.05) is 19.2 Å². The molecule has 6 nitrogen and oxygen atoms in total. The molecule has 2 rings (SSSR count). The summed E-state index contributed by atoms with van der Waals surface area (Å²) in [6.07, 6.45) is 0.660. The molecule has 0 radical (unpaired) electrons. The molecule has 0 aliphatic carbocycles. The van der Waals surface area contributed by atoms with Crippen molar-refractivity contribution in [3.63, 3.8) is 0 Å². The van der Waals surface area contributed by atoms with E-state index in [9.17, 15) is 14.5 Å². The predicted molar refractivity (Wildman–Crippen MR) is 75.0 cm³/mol. The third-order valence-electron chi connectivity index (χ3n) is 2.99. The molecule has 21 heavy (non-hydrogen) atoms. The first-order valence-electron chi connectivity index (χ1n) is 6.21. The standard InChI is InChI=1S/C13H13ClFN3O3/c1-3-9-13(14)11(17(2)16-9)7-21-12-6-8(15)4-5-10(12)18(19)20/h4-6H,3,7H2,1-2H3. The lowest BCUT2D eigenvalue weighted by atomic mass is 10.3. The molecule has 1 aromatic heterocycles. The number of nitro benzene ring substituents is 1. The minimum absolute atomic E-state index is 0.0351. The maximum absolute atomic E-state index is 13.2. The largest absolute Gasteiger partial charge is 0.480 e.